The largest absolute Gasteiger partial charge is 0.628 e. The maximum Gasteiger partial charge on any atom is 0.628 e. The van der Waals surface area contributed by atoms with Crippen molar-refractivity contribution in [2.45, 2.75) is 80.1 Å². The van der Waals surface area contributed by atoms with Crippen LogP contribution in [-0.2, 0) is 18.9 Å². The fourth-order valence-electron chi connectivity index (χ4n) is 0.951. The van der Waals surface area contributed by atoms with E-state index in [1.165, 1.54) is 49.4 Å². The van der Waals surface area contributed by atoms with Crippen LogP contribution < -0.4 is 0 Å². The first-order chi connectivity index (χ1) is 11.9. The quantitative estimate of drug-likeness (QED) is 0.568. The first kappa shape index (κ1) is 33.1. The van der Waals surface area contributed by atoms with Crippen LogP contribution in [0.2, 0.25) is 0 Å². The van der Waals surface area contributed by atoms with Gasteiger partial charge < -0.3 is 9.31 Å². The monoisotopic (exact) mass is 477 g/mol. The van der Waals surface area contributed by atoms with E-state index < -0.39 is 19.1 Å². The molecule has 0 aromatic carbocycles. The molecule has 0 unspecified atom stereocenters. The van der Waals surface area contributed by atoms with Crippen molar-refractivity contribution in [3.05, 3.63) is 12.6 Å². The first-order valence-corrected chi connectivity index (χ1v) is 9.56. The summed E-state index contributed by atoms with van der Waals surface area (Å²) in [6.45, 7) is 16.6. The molecule has 0 aliphatic carbocycles. The van der Waals surface area contributed by atoms with Crippen LogP contribution in [0, 0.1) is 0 Å². The molecule has 152 valence electrons. The zero-order valence-corrected chi connectivity index (χ0v) is 21.0. The molecule has 0 amide bonds. The maximum absolute atomic E-state index is 11.0. The third kappa shape index (κ3) is 28.3. The van der Waals surface area contributed by atoms with Crippen molar-refractivity contribution in [1.82, 2.24) is 4.90 Å². The Morgan fingerprint density at radius 3 is 1.31 bits per heavy atom. The predicted octanol–water partition coefficient (Wildman–Crippen LogP) is 4.27. The summed E-state index contributed by atoms with van der Waals surface area (Å²) >= 11 is 0. The second kappa shape index (κ2) is 26.7. The van der Waals surface area contributed by atoms with Crippen LogP contribution in [0.25, 0.3) is 0 Å². The SMILES string of the molecule is C=CB1OC(=O)CN(C)CC(=O)O1.CCCC.CCCC.CCCC.[Sn]. The molecule has 4 radical (unpaired) electrons. The van der Waals surface area contributed by atoms with Gasteiger partial charge in [0.1, 0.15) is 0 Å². The molecule has 0 bridgehead atoms. The van der Waals surface area contributed by atoms with Gasteiger partial charge in [0.15, 0.2) is 0 Å². The van der Waals surface area contributed by atoms with Crippen molar-refractivity contribution in [2.24, 2.45) is 0 Å². The molecule has 0 aromatic heterocycles. The van der Waals surface area contributed by atoms with Crippen molar-refractivity contribution in [3.63, 3.8) is 0 Å². The number of hydrogen-bond acceptors (Lipinski definition) is 5. The minimum absolute atomic E-state index is 0. The summed E-state index contributed by atoms with van der Waals surface area (Å²) in [6.07, 6.45) is 7.92. The summed E-state index contributed by atoms with van der Waals surface area (Å²) in [5, 5.41) is 0. The Morgan fingerprint density at radius 2 is 1.12 bits per heavy atom. The summed E-state index contributed by atoms with van der Waals surface area (Å²) < 4.78 is 9.48. The van der Waals surface area contributed by atoms with Crippen LogP contribution in [-0.4, -0.2) is 68.0 Å². The molecule has 0 spiro atoms. The van der Waals surface area contributed by atoms with E-state index in [0.29, 0.717) is 0 Å². The second-order valence-electron chi connectivity index (χ2n) is 5.76. The number of carbonyl (C=O) groups excluding carboxylic acids is 2. The Morgan fingerprint density at radius 1 is 0.846 bits per heavy atom. The van der Waals surface area contributed by atoms with E-state index in [-0.39, 0.29) is 37.0 Å². The van der Waals surface area contributed by atoms with Gasteiger partial charge in [0, 0.05) is 23.9 Å². The molecule has 0 atom stereocenters. The zero-order valence-electron chi connectivity index (χ0n) is 18.1. The Labute approximate surface area is 179 Å². The molecule has 1 aliphatic rings. The van der Waals surface area contributed by atoms with Crippen LogP contribution in [0.4, 0.5) is 0 Å². The van der Waals surface area contributed by atoms with Gasteiger partial charge in [0.25, 0.3) is 0 Å². The summed E-state index contributed by atoms with van der Waals surface area (Å²) in [5.41, 5.74) is 0. The van der Waals surface area contributed by atoms with E-state index in [2.05, 4.69) is 48.1 Å². The van der Waals surface area contributed by atoms with E-state index >= 15 is 0 Å². The molecule has 1 rings (SSSR count). The average Bonchev–Trinajstić information content (AvgIpc) is 2.60. The molecule has 0 saturated carbocycles. The van der Waals surface area contributed by atoms with E-state index in [9.17, 15) is 9.59 Å². The van der Waals surface area contributed by atoms with Gasteiger partial charge in [-0.05, 0) is 13.0 Å². The maximum atomic E-state index is 11.0. The van der Waals surface area contributed by atoms with Crippen LogP contribution in [0.3, 0.4) is 0 Å². The van der Waals surface area contributed by atoms with Gasteiger partial charge in [-0.3, -0.25) is 14.5 Å². The van der Waals surface area contributed by atoms with Gasteiger partial charge in [-0.2, -0.15) is 0 Å². The Bertz CT molecular complexity index is 295. The van der Waals surface area contributed by atoms with E-state index in [4.69, 9.17) is 9.31 Å². The molecular formula is C19H40BNO4Sn. The van der Waals surface area contributed by atoms with E-state index in [1.807, 2.05) is 0 Å². The molecule has 1 fully saturated rings. The summed E-state index contributed by atoms with van der Waals surface area (Å²) in [6, 6.07) is 0. The van der Waals surface area contributed by atoms with E-state index in [1.54, 1.807) is 7.05 Å². The topological polar surface area (TPSA) is 55.8 Å². The third-order valence-corrected chi connectivity index (χ3v) is 2.99. The Balaban J connectivity index is -0.000000155. The molecule has 26 heavy (non-hydrogen) atoms. The van der Waals surface area contributed by atoms with Gasteiger partial charge in [0.05, 0.1) is 13.1 Å². The van der Waals surface area contributed by atoms with Gasteiger partial charge in [0.2, 0.25) is 0 Å². The number of likely N-dealkylation sites (N-methyl/N-ethyl adjacent to an activating group) is 1. The normalized spacial score (nSPS) is 13.4. The van der Waals surface area contributed by atoms with E-state index in [0.717, 1.165) is 0 Å². The third-order valence-electron chi connectivity index (χ3n) is 2.99. The molecule has 1 saturated heterocycles. The molecule has 7 heteroatoms. The average molecular weight is 476 g/mol. The smallest absolute Gasteiger partial charge is 0.495 e. The molecule has 0 aromatic rings. The minimum Gasteiger partial charge on any atom is -0.495 e. The van der Waals surface area contributed by atoms with Crippen LogP contribution in [0.15, 0.2) is 12.6 Å². The number of nitrogens with zero attached hydrogens (tertiary/aromatic N) is 1. The Kier molecular flexibility index (Phi) is 34.0. The number of rotatable bonds is 4. The molecule has 1 aliphatic heterocycles. The summed E-state index contributed by atoms with van der Waals surface area (Å²) in [5.74, 6) is 0.404. The van der Waals surface area contributed by atoms with Crippen LogP contribution in [0.5, 0.6) is 0 Å². The van der Waals surface area contributed by atoms with Crippen molar-refractivity contribution < 1.29 is 18.9 Å². The fraction of sp³-hybridized carbons (Fsp3) is 0.789. The van der Waals surface area contributed by atoms with Crippen molar-refractivity contribution in [2.75, 3.05) is 20.1 Å². The van der Waals surface area contributed by atoms with Gasteiger partial charge >= 0.3 is 19.1 Å². The molecular weight excluding hydrogens is 436 g/mol. The number of carbonyl (C=O) groups is 2. The van der Waals surface area contributed by atoms with Crippen molar-refractivity contribution in [3.8, 4) is 0 Å². The molecule has 1 heterocycles. The fourth-order valence-corrected chi connectivity index (χ4v) is 0.951. The van der Waals surface area contributed by atoms with Gasteiger partial charge in [-0.25, -0.2) is 0 Å². The summed E-state index contributed by atoms with van der Waals surface area (Å²) in [7, 11) is 0.685. The number of hydrogen-bond donors (Lipinski definition) is 0. The zero-order chi connectivity index (χ0) is 20.1. The van der Waals surface area contributed by atoms with Gasteiger partial charge in [-0.15, -0.1) is 6.58 Å². The van der Waals surface area contributed by atoms with Crippen molar-refractivity contribution in [1.29, 1.82) is 0 Å². The molecule has 0 N–H and O–H groups in total. The van der Waals surface area contributed by atoms with Gasteiger partial charge in [-0.1, -0.05) is 80.1 Å². The minimum atomic E-state index is -0.950. The first-order valence-electron chi connectivity index (χ1n) is 9.56. The standard InChI is InChI=1S/C7H10BNO4.3C4H10.Sn/c1-3-8-12-6(10)4-9(2)5-7(11)13-8;3*1-3-4-2;/h3H,1,4-5H2,2H3;3*3-4H2,1-2H3;. The van der Waals surface area contributed by atoms with Crippen molar-refractivity contribution >= 4 is 43.0 Å². The van der Waals surface area contributed by atoms with Crippen LogP contribution in [0.1, 0.15) is 80.1 Å². The summed E-state index contributed by atoms with van der Waals surface area (Å²) in [4.78, 5) is 23.6. The second-order valence-corrected chi connectivity index (χ2v) is 5.76. The Hall–Kier alpha value is -0.496. The predicted molar refractivity (Wildman–Crippen MR) is 113 cm³/mol. The number of unbranched alkanes of at least 4 members (excludes halogenated alkanes) is 3. The van der Waals surface area contributed by atoms with Crippen LogP contribution >= 0.6 is 0 Å². The molecule has 5 nitrogen and oxygen atoms in total.